The molecule has 1 aliphatic carbocycles. The summed E-state index contributed by atoms with van der Waals surface area (Å²) < 4.78 is 1.69. The molecule has 0 bridgehead atoms. The number of rotatable bonds is 4. The van der Waals surface area contributed by atoms with Gasteiger partial charge in [0, 0.05) is 13.5 Å². The highest BCUT2D eigenvalue weighted by atomic mass is 16.2. The number of fused-ring (bicyclic) bond motifs is 1. The molecular weight excluding hydrogens is 252 g/mol. The molecule has 0 saturated heterocycles. The van der Waals surface area contributed by atoms with E-state index in [0.29, 0.717) is 13.0 Å². The minimum atomic E-state index is 0.155. The number of hydrogen-bond acceptors (Lipinski definition) is 3. The zero-order chi connectivity index (χ0) is 13.9. The molecule has 0 fully saturated rings. The van der Waals surface area contributed by atoms with E-state index in [9.17, 15) is 4.79 Å². The van der Waals surface area contributed by atoms with Crippen LogP contribution in [0.3, 0.4) is 0 Å². The van der Waals surface area contributed by atoms with E-state index in [0.717, 1.165) is 12.8 Å². The molecule has 0 unspecified atom stereocenters. The third-order valence-corrected chi connectivity index (χ3v) is 3.98. The third-order valence-electron chi connectivity index (χ3n) is 3.98. The maximum atomic E-state index is 12.3. The van der Waals surface area contributed by atoms with Crippen LogP contribution in [0, 0.1) is 0 Å². The molecule has 0 aliphatic heterocycles. The zero-order valence-electron chi connectivity index (χ0n) is 11.6. The van der Waals surface area contributed by atoms with Crippen LogP contribution in [0.25, 0.3) is 0 Å². The minimum Gasteiger partial charge on any atom is -0.339 e. The molecular formula is C15H18N4O. The Hall–Kier alpha value is -2.17. The number of carbonyl (C=O) groups excluding carboxylic acids is 1. The second-order valence-electron chi connectivity index (χ2n) is 5.17. The molecule has 0 N–H and O–H groups in total. The van der Waals surface area contributed by atoms with Crippen molar-refractivity contribution in [3.8, 4) is 0 Å². The molecule has 1 aromatic carbocycles. The molecule has 1 amide bonds. The molecule has 20 heavy (non-hydrogen) atoms. The maximum Gasteiger partial charge on any atom is 0.224 e. The fourth-order valence-electron chi connectivity index (χ4n) is 2.85. The van der Waals surface area contributed by atoms with Crippen molar-refractivity contribution in [3.05, 3.63) is 48.0 Å². The second kappa shape index (κ2) is 5.45. The van der Waals surface area contributed by atoms with Gasteiger partial charge >= 0.3 is 0 Å². The van der Waals surface area contributed by atoms with Crippen LogP contribution in [0.5, 0.6) is 0 Å². The lowest BCUT2D eigenvalue weighted by Crippen LogP contribution is -2.30. The third kappa shape index (κ3) is 2.43. The number of hydrogen-bond donors (Lipinski definition) is 0. The quantitative estimate of drug-likeness (QED) is 0.851. The van der Waals surface area contributed by atoms with Crippen molar-refractivity contribution in [3.63, 3.8) is 0 Å². The molecule has 0 spiro atoms. The van der Waals surface area contributed by atoms with Gasteiger partial charge in [-0.15, -0.1) is 0 Å². The number of amides is 1. The van der Waals surface area contributed by atoms with Gasteiger partial charge in [0.25, 0.3) is 0 Å². The molecule has 5 heteroatoms. The summed E-state index contributed by atoms with van der Waals surface area (Å²) >= 11 is 0. The summed E-state index contributed by atoms with van der Waals surface area (Å²) in [5.74, 6) is 0.155. The lowest BCUT2D eigenvalue weighted by atomic mass is 10.1. The highest BCUT2D eigenvalue weighted by Crippen LogP contribution is 2.34. The average Bonchev–Trinajstić information content (AvgIpc) is 3.13. The van der Waals surface area contributed by atoms with E-state index in [1.807, 2.05) is 18.0 Å². The normalized spacial score (nSPS) is 16.9. The number of carbonyl (C=O) groups is 1. The zero-order valence-corrected chi connectivity index (χ0v) is 11.6. The Kier molecular flexibility index (Phi) is 3.50. The molecule has 1 atom stereocenters. The first kappa shape index (κ1) is 12.8. The lowest BCUT2D eigenvalue weighted by Gasteiger charge is -2.25. The lowest BCUT2D eigenvalue weighted by molar-refractivity contribution is -0.132. The Bertz CT molecular complexity index is 594. The Morgan fingerprint density at radius 2 is 2.30 bits per heavy atom. The Morgan fingerprint density at radius 1 is 1.45 bits per heavy atom. The van der Waals surface area contributed by atoms with Gasteiger partial charge in [0.1, 0.15) is 12.7 Å². The highest BCUT2D eigenvalue weighted by molar-refractivity contribution is 5.76. The molecule has 3 rings (SSSR count). The van der Waals surface area contributed by atoms with Crippen molar-refractivity contribution in [2.45, 2.75) is 31.8 Å². The van der Waals surface area contributed by atoms with Crippen LogP contribution in [0.4, 0.5) is 0 Å². The number of nitrogens with zero attached hydrogens (tertiary/aromatic N) is 4. The Labute approximate surface area is 118 Å². The van der Waals surface area contributed by atoms with Gasteiger partial charge in [0.2, 0.25) is 5.91 Å². The largest absolute Gasteiger partial charge is 0.339 e. The monoisotopic (exact) mass is 270 g/mol. The van der Waals surface area contributed by atoms with Gasteiger partial charge in [0.15, 0.2) is 0 Å². The van der Waals surface area contributed by atoms with Crippen molar-refractivity contribution >= 4 is 5.91 Å². The molecule has 0 saturated carbocycles. The summed E-state index contributed by atoms with van der Waals surface area (Å²) in [7, 11) is 1.90. The fourth-order valence-corrected chi connectivity index (χ4v) is 2.85. The van der Waals surface area contributed by atoms with E-state index in [1.165, 1.54) is 17.5 Å². The fraction of sp³-hybridized carbons (Fsp3) is 0.400. The standard InChI is InChI=1S/C15H18N4O/c1-18(15(20)8-9-19-11-16-10-17-19)14-7-6-12-4-2-3-5-13(12)14/h2-5,10-11,14H,6-9H2,1H3/t14-/m0/s1. The summed E-state index contributed by atoms with van der Waals surface area (Å²) in [4.78, 5) is 18.1. The first-order valence-electron chi connectivity index (χ1n) is 6.91. The van der Waals surface area contributed by atoms with Crippen LogP contribution in [0.1, 0.15) is 30.0 Å². The first-order chi connectivity index (χ1) is 9.75. The molecule has 0 radical (unpaired) electrons. The van der Waals surface area contributed by atoms with Crippen LogP contribution in [-0.4, -0.2) is 32.6 Å². The Balaban J connectivity index is 1.64. The van der Waals surface area contributed by atoms with Gasteiger partial charge < -0.3 is 4.90 Å². The summed E-state index contributed by atoms with van der Waals surface area (Å²) in [5.41, 5.74) is 2.66. The van der Waals surface area contributed by atoms with Gasteiger partial charge in [-0.2, -0.15) is 5.10 Å². The topological polar surface area (TPSA) is 51.0 Å². The predicted octanol–water partition coefficient (Wildman–Crippen LogP) is 1.81. The van der Waals surface area contributed by atoms with E-state index >= 15 is 0 Å². The molecule has 1 aliphatic rings. The number of aryl methyl sites for hydroxylation is 2. The Morgan fingerprint density at radius 3 is 3.10 bits per heavy atom. The van der Waals surface area contributed by atoms with Crippen LogP contribution in [0.15, 0.2) is 36.9 Å². The van der Waals surface area contributed by atoms with Gasteiger partial charge in [-0.25, -0.2) is 4.98 Å². The molecule has 2 aromatic rings. The first-order valence-corrected chi connectivity index (χ1v) is 6.91. The van der Waals surface area contributed by atoms with Crippen molar-refractivity contribution in [1.29, 1.82) is 0 Å². The van der Waals surface area contributed by atoms with Crippen LogP contribution in [0.2, 0.25) is 0 Å². The van der Waals surface area contributed by atoms with E-state index in [-0.39, 0.29) is 11.9 Å². The highest BCUT2D eigenvalue weighted by Gasteiger charge is 2.27. The van der Waals surface area contributed by atoms with Gasteiger partial charge in [-0.1, -0.05) is 24.3 Å². The van der Waals surface area contributed by atoms with E-state index in [1.54, 1.807) is 11.0 Å². The van der Waals surface area contributed by atoms with Gasteiger partial charge in [0.05, 0.1) is 12.6 Å². The minimum absolute atomic E-state index is 0.155. The second-order valence-corrected chi connectivity index (χ2v) is 5.17. The predicted molar refractivity (Wildman–Crippen MR) is 74.9 cm³/mol. The SMILES string of the molecule is CN(C(=O)CCn1cncn1)[C@H]1CCc2ccccc21. The number of aromatic nitrogens is 3. The van der Waals surface area contributed by atoms with Crippen molar-refractivity contribution in [1.82, 2.24) is 19.7 Å². The van der Waals surface area contributed by atoms with E-state index < -0.39 is 0 Å². The maximum absolute atomic E-state index is 12.3. The molecule has 5 nitrogen and oxygen atoms in total. The van der Waals surface area contributed by atoms with Crippen molar-refractivity contribution in [2.75, 3.05) is 7.05 Å². The van der Waals surface area contributed by atoms with Crippen LogP contribution < -0.4 is 0 Å². The summed E-state index contributed by atoms with van der Waals surface area (Å²) in [6.07, 6.45) is 5.66. The molecule has 1 aromatic heterocycles. The van der Waals surface area contributed by atoms with Crippen molar-refractivity contribution in [2.24, 2.45) is 0 Å². The van der Waals surface area contributed by atoms with Crippen LogP contribution in [-0.2, 0) is 17.8 Å². The van der Waals surface area contributed by atoms with Gasteiger partial charge in [-0.3, -0.25) is 9.48 Å². The summed E-state index contributed by atoms with van der Waals surface area (Å²) in [6.45, 7) is 0.581. The van der Waals surface area contributed by atoms with E-state index in [2.05, 4.69) is 28.3 Å². The van der Waals surface area contributed by atoms with E-state index in [4.69, 9.17) is 0 Å². The van der Waals surface area contributed by atoms with Crippen molar-refractivity contribution < 1.29 is 4.79 Å². The molecule has 1 heterocycles. The van der Waals surface area contributed by atoms with Crippen LogP contribution >= 0.6 is 0 Å². The smallest absolute Gasteiger partial charge is 0.224 e. The van der Waals surface area contributed by atoms with Gasteiger partial charge in [-0.05, 0) is 24.0 Å². The summed E-state index contributed by atoms with van der Waals surface area (Å²) in [5, 5.41) is 4.02. The molecule has 104 valence electrons. The summed E-state index contributed by atoms with van der Waals surface area (Å²) in [6, 6.07) is 8.62. The average molecular weight is 270 g/mol. The number of benzene rings is 1.